The molecule has 0 aliphatic heterocycles. The van der Waals surface area contributed by atoms with E-state index in [-0.39, 0.29) is 11.0 Å². The third kappa shape index (κ3) is 2.93. The van der Waals surface area contributed by atoms with Gasteiger partial charge >= 0.3 is 5.97 Å². The Hall–Kier alpha value is -1.16. The number of hydrogen-bond acceptors (Lipinski definition) is 3. The Bertz CT molecular complexity index is 919. The minimum atomic E-state index is -1.00. The summed E-state index contributed by atoms with van der Waals surface area (Å²) in [6.45, 7) is 11.7. The number of aliphatic hydroxyl groups is 1. The van der Waals surface area contributed by atoms with Gasteiger partial charge in [-0.05, 0) is 110 Å². The van der Waals surface area contributed by atoms with Crippen LogP contribution in [0.1, 0.15) is 105 Å². The highest BCUT2D eigenvalue weighted by Crippen LogP contribution is 2.88. The highest BCUT2D eigenvalue weighted by atomic mass is 16.4. The first-order valence-electron chi connectivity index (χ1n) is 14.0. The predicted molar refractivity (Wildman–Crippen MR) is 133 cm³/mol. The Morgan fingerprint density at radius 3 is 2.35 bits per heavy atom. The molecule has 2 N–H and O–H groups in total. The smallest absolute Gasteiger partial charge is 0.333 e. The maximum atomic E-state index is 12.8. The van der Waals surface area contributed by atoms with E-state index < -0.39 is 12.6 Å². The van der Waals surface area contributed by atoms with E-state index in [1.54, 1.807) is 6.08 Å². The summed E-state index contributed by atoms with van der Waals surface area (Å²) in [5.74, 6) is 2.12. The molecule has 5 fully saturated rings. The number of Topliss-reactive ketones (excluding diaryl/α,β-unsaturated/α-hetero) is 1. The van der Waals surface area contributed by atoms with Gasteiger partial charge in [-0.3, -0.25) is 4.79 Å². The lowest BCUT2D eigenvalue weighted by Gasteiger charge is -2.62. The van der Waals surface area contributed by atoms with Crippen LogP contribution in [0.5, 0.6) is 0 Å². The van der Waals surface area contributed by atoms with E-state index in [0.29, 0.717) is 45.2 Å². The van der Waals surface area contributed by atoms with Crippen molar-refractivity contribution in [3.05, 3.63) is 11.6 Å². The fourth-order valence-corrected chi connectivity index (χ4v) is 11.1. The van der Waals surface area contributed by atoms with E-state index in [4.69, 9.17) is 0 Å². The predicted octanol–water partition coefficient (Wildman–Crippen LogP) is 6.41. The SMILES string of the molecule is CC(CC/C=C(\CO)C(=O)O)C1CCC2(C)C3CCC4C(C)(C)C(=O)CCC45CC35CCC12C. The highest BCUT2D eigenvalue weighted by molar-refractivity contribution is 5.86. The molecule has 0 saturated heterocycles. The standard InChI is InChI=1S/C30H46O4/c1-19(7-6-8-20(17-31)25(33)34)21-11-13-28(5)23-10-9-22-26(2,3)24(32)12-14-29(22)18-30(23,29)16-15-27(21,28)4/h8,19,21-23,31H,6-7,9-18H2,1-5H3,(H,33,34)/b20-8+. The zero-order valence-corrected chi connectivity index (χ0v) is 22.1. The lowest BCUT2D eigenvalue weighted by molar-refractivity contribution is -0.157. The second-order valence-corrected chi connectivity index (χ2v) is 14.0. The van der Waals surface area contributed by atoms with Crippen LogP contribution in [0.25, 0.3) is 0 Å². The maximum Gasteiger partial charge on any atom is 0.333 e. The average molecular weight is 471 g/mol. The van der Waals surface area contributed by atoms with Crippen molar-refractivity contribution in [1.29, 1.82) is 0 Å². The zero-order chi connectivity index (χ0) is 24.7. The Kier molecular flexibility index (Phi) is 5.53. The van der Waals surface area contributed by atoms with E-state index in [9.17, 15) is 19.8 Å². The zero-order valence-electron chi connectivity index (χ0n) is 22.1. The number of aliphatic carboxylic acids is 1. The van der Waals surface area contributed by atoms with E-state index >= 15 is 0 Å². The molecule has 0 aromatic rings. The van der Waals surface area contributed by atoms with Gasteiger partial charge < -0.3 is 10.2 Å². The second kappa shape index (κ2) is 7.67. The Balaban J connectivity index is 1.36. The third-order valence-electron chi connectivity index (χ3n) is 13.1. The van der Waals surface area contributed by atoms with Gasteiger partial charge in [0, 0.05) is 11.8 Å². The van der Waals surface area contributed by atoms with Gasteiger partial charge in [0.25, 0.3) is 0 Å². The molecule has 5 saturated carbocycles. The number of hydrogen-bond donors (Lipinski definition) is 2. The summed E-state index contributed by atoms with van der Waals surface area (Å²) in [7, 11) is 0. The molecule has 4 nitrogen and oxygen atoms in total. The van der Waals surface area contributed by atoms with Crippen LogP contribution in [0.4, 0.5) is 0 Å². The summed E-state index contributed by atoms with van der Waals surface area (Å²) < 4.78 is 0. The number of rotatable bonds is 6. The van der Waals surface area contributed by atoms with Crippen LogP contribution in [0, 0.1) is 50.7 Å². The molecule has 5 rings (SSSR count). The molecular weight excluding hydrogens is 424 g/mol. The number of ketones is 1. The first-order chi connectivity index (χ1) is 15.9. The van der Waals surface area contributed by atoms with Crippen LogP contribution in [-0.2, 0) is 9.59 Å². The molecule has 0 heterocycles. The molecule has 0 aromatic heterocycles. The van der Waals surface area contributed by atoms with Gasteiger partial charge in [0.1, 0.15) is 5.78 Å². The number of fused-ring (bicyclic) bond motifs is 2. The molecule has 34 heavy (non-hydrogen) atoms. The van der Waals surface area contributed by atoms with Gasteiger partial charge in [0.15, 0.2) is 0 Å². The molecule has 190 valence electrons. The van der Waals surface area contributed by atoms with Gasteiger partial charge in [0.05, 0.1) is 12.2 Å². The van der Waals surface area contributed by atoms with Crippen LogP contribution >= 0.6 is 0 Å². The van der Waals surface area contributed by atoms with Gasteiger partial charge in [-0.2, -0.15) is 0 Å². The van der Waals surface area contributed by atoms with E-state index in [0.717, 1.165) is 31.6 Å². The number of carbonyl (C=O) groups excluding carboxylic acids is 1. The molecule has 8 atom stereocenters. The second-order valence-electron chi connectivity index (χ2n) is 14.0. The first-order valence-corrected chi connectivity index (χ1v) is 14.0. The Morgan fingerprint density at radius 2 is 1.68 bits per heavy atom. The molecule has 5 aliphatic rings. The molecule has 0 aromatic carbocycles. The summed E-state index contributed by atoms with van der Waals surface area (Å²) in [5.41, 5.74) is 1.62. The quantitative estimate of drug-likeness (QED) is 0.440. The Labute approximate surface area is 206 Å². The van der Waals surface area contributed by atoms with Crippen molar-refractivity contribution in [3.8, 4) is 0 Å². The minimum Gasteiger partial charge on any atom is -0.478 e. The van der Waals surface area contributed by atoms with Crippen molar-refractivity contribution in [2.24, 2.45) is 50.7 Å². The molecule has 5 aliphatic carbocycles. The van der Waals surface area contributed by atoms with E-state index in [2.05, 4.69) is 34.6 Å². The number of allylic oxidation sites excluding steroid dienone is 1. The van der Waals surface area contributed by atoms with Crippen LogP contribution in [-0.4, -0.2) is 28.6 Å². The lowest BCUT2D eigenvalue weighted by Crippen LogP contribution is -2.57. The summed E-state index contributed by atoms with van der Waals surface area (Å²) in [6, 6.07) is 0. The number of aliphatic hydroxyl groups excluding tert-OH is 1. The fourth-order valence-electron chi connectivity index (χ4n) is 11.1. The van der Waals surface area contributed by atoms with E-state index in [1.807, 2.05) is 0 Å². The molecule has 2 spiro atoms. The van der Waals surface area contributed by atoms with Crippen molar-refractivity contribution in [1.82, 2.24) is 0 Å². The van der Waals surface area contributed by atoms with Crippen LogP contribution in [0.3, 0.4) is 0 Å². The van der Waals surface area contributed by atoms with Crippen LogP contribution < -0.4 is 0 Å². The molecule has 0 bridgehead atoms. The summed E-state index contributed by atoms with van der Waals surface area (Å²) >= 11 is 0. The maximum absolute atomic E-state index is 12.8. The summed E-state index contributed by atoms with van der Waals surface area (Å²) in [6.07, 6.45) is 14.6. The molecule has 0 amide bonds. The normalized spacial score (nSPS) is 47.8. The van der Waals surface area contributed by atoms with Gasteiger partial charge in [-0.15, -0.1) is 0 Å². The van der Waals surface area contributed by atoms with Crippen molar-refractivity contribution in [3.63, 3.8) is 0 Å². The Morgan fingerprint density at radius 1 is 1.00 bits per heavy atom. The van der Waals surface area contributed by atoms with Crippen molar-refractivity contribution < 1.29 is 19.8 Å². The van der Waals surface area contributed by atoms with Gasteiger partial charge in [0.2, 0.25) is 0 Å². The van der Waals surface area contributed by atoms with Gasteiger partial charge in [-0.1, -0.05) is 40.7 Å². The summed E-state index contributed by atoms with van der Waals surface area (Å²) in [4.78, 5) is 24.1. The topological polar surface area (TPSA) is 74.6 Å². The number of carboxylic acid groups (broad SMARTS) is 1. The molecule has 4 heteroatoms. The highest BCUT2D eigenvalue weighted by Gasteiger charge is 2.82. The van der Waals surface area contributed by atoms with Crippen LogP contribution in [0.15, 0.2) is 11.6 Å². The molecular formula is C30H46O4. The minimum absolute atomic E-state index is 0.124. The fraction of sp³-hybridized carbons (Fsp3) is 0.867. The van der Waals surface area contributed by atoms with Crippen LogP contribution in [0.2, 0.25) is 0 Å². The van der Waals surface area contributed by atoms with Crippen molar-refractivity contribution in [2.75, 3.05) is 6.61 Å². The first kappa shape index (κ1) is 24.5. The number of carboxylic acids is 1. The lowest BCUT2D eigenvalue weighted by atomic mass is 9.42. The molecule has 0 radical (unpaired) electrons. The van der Waals surface area contributed by atoms with E-state index in [1.165, 1.54) is 44.9 Å². The average Bonchev–Trinajstić information content (AvgIpc) is 3.36. The van der Waals surface area contributed by atoms with Crippen molar-refractivity contribution >= 4 is 11.8 Å². The number of carbonyl (C=O) groups is 2. The van der Waals surface area contributed by atoms with Crippen molar-refractivity contribution in [2.45, 2.75) is 105 Å². The monoisotopic (exact) mass is 470 g/mol. The third-order valence-corrected chi connectivity index (χ3v) is 13.1. The largest absolute Gasteiger partial charge is 0.478 e. The molecule has 8 unspecified atom stereocenters. The summed E-state index contributed by atoms with van der Waals surface area (Å²) in [5, 5.41) is 18.5. The van der Waals surface area contributed by atoms with Gasteiger partial charge in [-0.25, -0.2) is 4.79 Å².